The summed E-state index contributed by atoms with van der Waals surface area (Å²) < 4.78 is 7.09. The van der Waals surface area contributed by atoms with E-state index in [2.05, 4.69) is 26.0 Å². The van der Waals surface area contributed by atoms with Gasteiger partial charge in [0.2, 0.25) is 0 Å². The molecule has 0 atom stereocenters. The molecule has 1 aromatic carbocycles. The van der Waals surface area contributed by atoms with Crippen LogP contribution in [-0.2, 0) is 4.74 Å². The van der Waals surface area contributed by atoms with Crippen molar-refractivity contribution in [1.29, 1.82) is 5.26 Å². The molecule has 0 radical (unpaired) electrons. The largest absolute Gasteiger partial charge is 0.465 e. The summed E-state index contributed by atoms with van der Waals surface area (Å²) in [6, 6.07) is 10.6. The summed E-state index contributed by atoms with van der Waals surface area (Å²) in [7, 11) is 1.33. The summed E-state index contributed by atoms with van der Waals surface area (Å²) in [5.41, 5.74) is 1.40. The summed E-state index contributed by atoms with van der Waals surface area (Å²) in [5, 5.41) is 13.9. The third kappa shape index (κ3) is 2.34. The molecule has 3 rings (SSSR count). The van der Waals surface area contributed by atoms with E-state index in [0.29, 0.717) is 28.0 Å². The molecule has 2 heterocycles. The Balaban J connectivity index is 2.26. The highest BCUT2D eigenvalue weighted by Crippen LogP contribution is 2.26. The standard InChI is InChI=1S/C15H9BrN4O2/c1-22-15(21)11-5-9(16)6-13-12(11)8-18-20(13)14-4-2-3-10(7-17)19-14/h2-6,8H,1H3. The van der Waals surface area contributed by atoms with Crippen molar-refractivity contribution in [3.63, 3.8) is 0 Å². The summed E-state index contributed by atoms with van der Waals surface area (Å²) in [5.74, 6) is 0.0625. The van der Waals surface area contributed by atoms with Gasteiger partial charge < -0.3 is 4.74 Å². The Bertz CT molecular complexity index is 927. The Labute approximate surface area is 134 Å². The van der Waals surface area contributed by atoms with Gasteiger partial charge in [-0.25, -0.2) is 14.5 Å². The molecule has 108 valence electrons. The lowest BCUT2D eigenvalue weighted by molar-refractivity contribution is 0.0603. The van der Waals surface area contributed by atoms with Gasteiger partial charge in [0.15, 0.2) is 5.82 Å². The number of nitrogens with zero attached hydrogens (tertiary/aromatic N) is 4. The molecule has 0 N–H and O–H groups in total. The minimum absolute atomic E-state index is 0.296. The monoisotopic (exact) mass is 356 g/mol. The Morgan fingerprint density at radius 3 is 2.95 bits per heavy atom. The van der Waals surface area contributed by atoms with Crippen molar-refractivity contribution in [2.75, 3.05) is 7.11 Å². The molecule has 0 amide bonds. The van der Waals surface area contributed by atoms with Crippen molar-refractivity contribution in [3.05, 3.63) is 52.3 Å². The molecule has 0 aliphatic heterocycles. The van der Waals surface area contributed by atoms with Crippen molar-refractivity contribution in [3.8, 4) is 11.9 Å². The number of ether oxygens (including phenoxy) is 1. The molecule has 0 aliphatic carbocycles. The highest BCUT2D eigenvalue weighted by Gasteiger charge is 2.16. The van der Waals surface area contributed by atoms with Crippen LogP contribution in [0.4, 0.5) is 0 Å². The van der Waals surface area contributed by atoms with Gasteiger partial charge >= 0.3 is 5.97 Å². The average Bonchev–Trinajstić information content (AvgIpc) is 2.97. The highest BCUT2D eigenvalue weighted by molar-refractivity contribution is 9.10. The Kier molecular flexibility index (Phi) is 3.61. The molecule has 2 aromatic heterocycles. The van der Waals surface area contributed by atoms with Gasteiger partial charge in [0, 0.05) is 9.86 Å². The molecule has 0 aliphatic rings. The molecule has 22 heavy (non-hydrogen) atoms. The molecule has 7 heteroatoms. The SMILES string of the molecule is COC(=O)c1cc(Br)cc2c1cnn2-c1cccc(C#N)n1. The number of methoxy groups -OCH3 is 1. The number of nitriles is 1. The predicted molar refractivity (Wildman–Crippen MR) is 82.6 cm³/mol. The van der Waals surface area contributed by atoms with Gasteiger partial charge in [-0.05, 0) is 24.3 Å². The summed E-state index contributed by atoms with van der Waals surface area (Å²) in [4.78, 5) is 16.1. The minimum atomic E-state index is -0.440. The third-order valence-corrected chi connectivity index (χ3v) is 3.58. The van der Waals surface area contributed by atoms with E-state index in [1.807, 2.05) is 12.1 Å². The summed E-state index contributed by atoms with van der Waals surface area (Å²) in [6.07, 6.45) is 1.58. The second kappa shape index (κ2) is 5.58. The van der Waals surface area contributed by atoms with Gasteiger partial charge in [-0.2, -0.15) is 10.4 Å². The molecule has 3 aromatic rings. The van der Waals surface area contributed by atoms with E-state index >= 15 is 0 Å². The van der Waals surface area contributed by atoms with Crippen LogP contribution >= 0.6 is 15.9 Å². The third-order valence-electron chi connectivity index (χ3n) is 3.12. The molecule has 0 saturated heterocycles. The zero-order valence-electron chi connectivity index (χ0n) is 11.4. The summed E-state index contributed by atoms with van der Waals surface area (Å²) >= 11 is 3.38. The number of halogens is 1. The first-order valence-electron chi connectivity index (χ1n) is 6.27. The first kappa shape index (κ1) is 14.2. The van der Waals surface area contributed by atoms with Crippen LogP contribution < -0.4 is 0 Å². The van der Waals surface area contributed by atoms with E-state index in [1.54, 1.807) is 35.1 Å². The Hall–Kier alpha value is -2.72. The molecule has 0 spiro atoms. The number of carbonyl (C=O) groups is 1. The number of hydrogen-bond acceptors (Lipinski definition) is 5. The topological polar surface area (TPSA) is 80.8 Å². The van der Waals surface area contributed by atoms with Crippen molar-refractivity contribution in [1.82, 2.24) is 14.8 Å². The van der Waals surface area contributed by atoms with E-state index < -0.39 is 5.97 Å². The molecule has 6 nitrogen and oxygen atoms in total. The van der Waals surface area contributed by atoms with Crippen LogP contribution in [0, 0.1) is 11.3 Å². The number of aromatic nitrogens is 3. The smallest absolute Gasteiger partial charge is 0.338 e. The quantitative estimate of drug-likeness (QED) is 0.659. The number of benzene rings is 1. The van der Waals surface area contributed by atoms with Gasteiger partial charge in [-0.15, -0.1) is 0 Å². The van der Waals surface area contributed by atoms with Crippen molar-refractivity contribution < 1.29 is 9.53 Å². The zero-order valence-corrected chi connectivity index (χ0v) is 13.0. The first-order chi connectivity index (χ1) is 10.6. The molecule has 0 unspecified atom stereocenters. The maximum absolute atomic E-state index is 11.9. The fourth-order valence-corrected chi connectivity index (χ4v) is 2.60. The average molecular weight is 357 g/mol. The van der Waals surface area contributed by atoms with Crippen LogP contribution in [0.2, 0.25) is 0 Å². The van der Waals surface area contributed by atoms with Gasteiger partial charge in [-0.3, -0.25) is 0 Å². The van der Waals surface area contributed by atoms with Gasteiger partial charge in [0.25, 0.3) is 0 Å². The zero-order chi connectivity index (χ0) is 15.7. The van der Waals surface area contributed by atoms with E-state index in [0.717, 1.165) is 4.47 Å². The summed E-state index contributed by atoms with van der Waals surface area (Å²) in [6.45, 7) is 0. The van der Waals surface area contributed by atoms with E-state index in [1.165, 1.54) is 7.11 Å². The van der Waals surface area contributed by atoms with Crippen LogP contribution in [0.1, 0.15) is 16.1 Å². The number of pyridine rings is 1. The van der Waals surface area contributed by atoms with Crippen molar-refractivity contribution >= 4 is 32.8 Å². The van der Waals surface area contributed by atoms with Crippen LogP contribution in [-0.4, -0.2) is 27.8 Å². The number of esters is 1. The number of hydrogen-bond donors (Lipinski definition) is 0. The lowest BCUT2D eigenvalue weighted by Gasteiger charge is -2.05. The van der Waals surface area contributed by atoms with Crippen LogP contribution in [0.15, 0.2) is 41.0 Å². The van der Waals surface area contributed by atoms with Crippen LogP contribution in [0.5, 0.6) is 0 Å². The van der Waals surface area contributed by atoms with Crippen molar-refractivity contribution in [2.24, 2.45) is 0 Å². The lowest BCUT2D eigenvalue weighted by atomic mass is 10.1. The predicted octanol–water partition coefficient (Wildman–Crippen LogP) is 2.84. The minimum Gasteiger partial charge on any atom is -0.465 e. The van der Waals surface area contributed by atoms with E-state index in [4.69, 9.17) is 10.00 Å². The molecular weight excluding hydrogens is 348 g/mol. The first-order valence-corrected chi connectivity index (χ1v) is 7.06. The second-order valence-electron chi connectivity index (χ2n) is 4.43. The molecule has 0 saturated carbocycles. The van der Waals surface area contributed by atoms with Crippen LogP contribution in [0.3, 0.4) is 0 Å². The van der Waals surface area contributed by atoms with Gasteiger partial charge in [0.1, 0.15) is 11.8 Å². The maximum atomic E-state index is 11.9. The number of carbonyl (C=O) groups excluding carboxylic acids is 1. The fourth-order valence-electron chi connectivity index (χ4n) is 2.16. The van der Waals surface area contributed by atoms with Crippen molar-refractivity contribution in [2.45, 2.75) is 0 Å². The second-order valence-corrected chi connectivity index (χ2v) is 5.34. The molecule has 0 fully saturated rings. The molecular formula is C15H9BrN4O2. The Morgan fingerprint density at radius 1 is 1.41 bits per heavy atom. The Morgan fingerprint density at radius 2 is 2.23 bits per heavy atom. The van der Waals surface area contributed by atoms with E-state index in [-0.39, 0.29) is 0 Å². The fraction of sp³-hybridized carbons (Fsp3) is 0.0667. The number of rotatable bonds is 2. The van der Waals surface area contributed by atoms with E-state index in [9.17, 15) is 4.79 Å². The maximum Gasteiger partial charge on any atom is 0.338 e. The normalized spacial score (nSPS) is 10.4. The highest BCUT2D eigenvalue weighted by atomic mass is 79.9. The molecule has 0 bridgehead atoms. The number of fused-ring (bicyclic) bond motifs is 1. The van der Waals surface area contributed by atoms with Crippen LogP contribution in [0.25, 0.3) is 16.7 Å². The lowest BCUT2D eigenvalue weighted by Crippen LogP contribution is -2.03. The van der Waals surface area contributed by atoms with Gasteiger partial charge in [-0.1, -0.05) is 22.0 Å². The van der Waals surface area contributed by atoms with Gasteiger partial charge in [0.05, 0.1) is 24.4 Å².